The topological polar surface area (TPSA) is 29.1 Å². The number of carbonyl (C=O) groups is 1. The van der Waals surface area contributed by atoms with Gasteiger partial charge in [0.1, 0.15) is 5.82 Å². The minimum Gasteiger partial charge on any atom is -0.325 e. The molecular formula is C20H16FNOS. The molecule has 2 nitrogen and oxygen atoms in total. The largest absolute Gasteiger partial charge is 0.325 e. The number of fused-ring (bicyclic) bond motifs is 1. The Bertz CT molecular complexity index is 914. The van der Waals surface area contributed by atoms with E-state index in [1.54, 1.807) is 23.5 Å². The zero-order chi connectivity index (χ0) is 16.7. The summed E-state index contributed by atoms with van der Waals surface area (Å²) in [4.78, 5) is 13.4. The number of anilines is 1. The maximum absolute atomic E-state index is 13.2. The first-order chi connectivity index (χ1) is 11.6. The van der Waals surface area contributed by atoms with Crippen LogP contribution in [0.2, 0.25) is 0 Å². The van der Waals surface area contributed by atoms with Gasteiger partial charge < -0.3 is 5.32 Å². The zero-order valence-electron chi connectivity index (χ0n) is 13.2. The van der Waals surface area contributed by atoms with Crippen LogP contribution in [0.1, 0.15) is 28.3 Å². The van der Waals surface area contributed by atoms with Crippen molar-refractivity contribution in [2.24, 2.45) is 0 Å². The van der Waals surface area contributed by atoms with Crippen LogP contribution in [0, 0.1) is 12.7 Å². The van der Waals surface area contributed by atoms with Crippen molar-refractivity contribution in [2.45, 2.75) is 19.3 Å². The lowest BCUT2D eigenvalue weighted by Crippen LogP contribution is -2.22. The van der Waals surface area contributed by atoms with Gasteiger partial charge in [0.05, 0.1) is 5.69 Å². The van der Waals surface area contributed by atoms with E-state index >= 15 is 0 Å². The highest BCUT2D eigenvalue weighted by atomic mass is 32.1. The Kier molecular flexibility index (Phi) is 3.69. The Labute approximate surface area is 144 Å². The van der Waals surface area contributed by atoms with E-state index in [0.717, 1.165) is 16.8 Å². The highest BCUT2D eigenvalue weighted by molar-refractivity contribution is 7.11. The molecule has 0 radical (unpaired) electrons. The van der Waals surface area contributed by atoms with Gasteiger partial charge in [-0.1, -0.05) is 42.0 Å². The van der Waals surface area contributed by atoms with Gasteiger partial charge in [-0.3, -0.25) is 4.79 Å². The van der Waals surface area contributed by atoms with Crippen LogP contribution < -0.4 is 5.32 Å². The summed E-state index contributed by atoms with van der Waals surface area (Å²) in [5.41, 5.74) is 5.10. The second kappa shape index (κ2) is 5.87. The lowest BCUT2D eigenvalue weighted by Gasteiger charge is -2.24. The molecule has 1 aliphatic heterocycles. The van der Waals surface area contributed by atoms with Crippen molar-refractivity contribution in [1.82, 2.24) is 0 Å². The fourth-order valence-electron chi connectivity index (χ4n) is 3.22. The van der Waals surface area contributed by atoms with Gasteiger partial charge in [-0.25, -0.2) is 4.39 Å². The molecule has 4 rings (SSSR count). The number of benzene rings is 2. The fourth-order valence-corrected chi connectivity index (χ4v) is 4.39. The van der Waals surface area contributed by atoms with Crippen LogP contribution in [0.4, 0.5) is 10.1 Å². The Morgan fingerprint density at radius 2 is 1.96 bits per heavy atom. The van der Waals surface area contributed by atoms with E-state index in [1.807, 2.05) is 11.4 Å². The SMILES string of the molecule is Cc1cccc([C@H]2CC(=O)Nc3c(-c4ccc(F)cc4)csc32)c1. The van der Waals surface area contributed by atoms with Crippen molar-refractivity contribution >= 4 is 22.9 Å². The molecule has 2 aromatic carbocycles. The Hall–Kier alpha value is -2.46. The van der Waals surface area contributed by atoms with Gasteiger partial charge in [0.2, 0.25) is 5.91 Å². The first-order valence-electron chi connectivity index (χ1n) is 7.85. The minimum absolute atomic E-state index is 0.0239. The number of thiophene rings is 1. The Morgan fingerprint density at radius 3 is 2.71 bits per heavy atom. The highest BCUT2D eigenvalue weighted by Gasteiger charge is 2.30. The number of carbonyl (C=O) groups excluding carboxylic acids is 1. The average molecular weight is 337 g/mol. The van der Waals surface area contributed by atoms with Gasteiger partial charge in [-0.2, -0.15) is 0 Å². The van der Waals surface area contributed by atoms with Crippen LogP contribution in [0.25, 0.3) is 11.1 Å². The predicted molar refractivity (Wildman–Crippen MR) is 96.0 cm³/mol. The number of hydrogen-bond acceptors (Lipinski definition) is 2. The zero-order valence-corrected chi connectivity index (χ0v) is 14.0. The third kappa shape index (κ3) is 2.63. The molecule has 0 unspecified atom stereocenters. The van der Waals surface area contributed by atoms with Gasteiger partial charge in [-0.05, 0) is 30.2 Å². The first-order valence-corrected chi connectivity index (χ1v) is 8.73. The van der Waals surface area contributed by atoms with Crippen LogP contribution in [0.3, 0.4) is 0 Å². The van der Waals surface area contributed by atoms with Gasteiger partial charge >= 0.3 is 0 Å². The lowest BCUT2D eigenvalue weighted by molar-refractivity contribution is -0.116. The van der Waals surface area contributed by atoms with E-state index in [0.29, 0.717) is 6.42 Å². The van der Waals surface area contributed by atoms with Crippen LogP contribution >= 0.6 is 11.3 Å². The Morgan fingerprint density at radius 1 is 1.17 bits per heavy atom. The molecule has 2 heterocycles. The molecule has 0 saturated carbocycles. The maximum Gasteiger partial charge on any atom is 0.225 e. The summed E-state index contributed by atoms with van der Waals surface area (Å²) in [6, 6.07) is 14.7. The monoisotopic (exact) mass is 337 g/mol. The molecule has 120 valence electrons. The summed E-state index contributed by atoms with van der Waals surface area (Å²) in [7, 11) is 0. The van der Waals surface area contributed by atoms with Crippen LogP contribution in [-0.2, 0) is 4.79 Å². The molecule has 1 amide bonds. The third-order valence-electron chi connectivity index (χ3n) is 4.39. The smallest absolute Gasteiger partial charge is 0.225 e. The summed E-state index contributed by atoms with van der Waals surface area (Å²) >= 11 is 1.65. The predicted octanol–water partition coefficient (Wildman–Crippen LogP) is 5.34. The van der Waals surface area contributed by atoms with E-state index in [4.69, 9.17) is 0 Å². The maximum atomic E-state index is 13.2. The molecule has 0 fully saturated rings. The first kappa shape index (κ1) is 15.1. The van der Waals surface area contributed by atoms with Crippen molar-refractivity contribution in [2.75, 3.05) is 5.32 Å². The van der Waals surface area contributed by atoms with Gasteiger partial charge in [-0.15, -0.1) is 11.3 Å². The van der Waals surface area contributed by atoms with Crippen LogP contribution in [-0.4, -0.2) is 5.91 Å². The lowest BCUT2D eigenvalue weighted by atomic mass is 9.88. The summed E-state index contributed by atoms with van der Waals surface area (Å²) in [6.07, 6.45) is 0.458. The summed E-state index contributed by atoms with van der Waals surface area (Å²) in [5.74, 6) is -0.159. The molecule has 0 saturated heterocycles. The van der Waals surface area contributed by atoms with Crippen LogP contribution in [0.15, 0.2) is 53.9 Å². The van der Waals surface area contributed by atoms with Gasteiger partial charge in [0.15, 0.2) is 0 Å². The molecule has 0 aliphatic carbocycles. The Balaban J connectivity index is 1.81. The number of rotatable bonds is 2. The number of halogens is 1. The molecule has 1 atom stereocenters. The number of hydrogen-bond donors (Lipinski definition) is 1. The molecule has 1 aliphatic rings. The third-order valence-corrected chi connectivity index (χ3v) is 5.49. The molecule has 3 aromatic rings. The molecule has 4 heteroatoms. The quantitative estimate of drug-likeness (QED) is 0.672. The minimum atomic E-state index is -0.260. The normalized spacial score (nSPS) is 16.6. The molecule has 1 N–H and O–H groups in total. The van der Waals surface area contributed by atoms with E-state index in [-0.39, 0.29) is 17.6 Å². The summed E-state index contributed by atoms with van der Waals surface area (Å²) in [5, 5.41) is 5.06. The fraction of sp³-hybridized carbons (Fsp3) is 0.150. The van der Waals surface area contributed by atoms with Crippen molar-refractivity contribution in [3.8, 4) is 11.1 Å². The molecule has 0 bridgehead atoms. The van der Waals surface area contributed by atoms with Gasteiger partial charge in [0.25, 0.3) is 0 Å². The standard InChI is InChI=1S/C20H16FNOS/c1-12-3-2-4-14(9-12)16-10-18(23)22-19-17(11-24-20(16)19)13-5-7-15(21)8-6-13/h2-9,11,16H,10H2,1H3,(H,22,23)/t16-/m1/s1. The van der Waals surface area contributed by atoms with Crippen molar-refractivity contribution in [3.05, 3.63) is 75.7 Å². The molecule has 24 heavy (non-hydrogen) atoms. The van der Waals surface area contributed by atoms with Crippen molar-refractivity contribution in [1.29, 1.82) is 0 Å². The number of amides is 1. The number of aryl methyl sites for hydroxylation is 1. The second-order valence-electron chi connectivity index (χ2n) is 6.11. The highest BCUT2D eigenvalue weighted by Crippen LogP contribution is 2.46. The molecular weight excluding hydrogens is 321 g/mol. The van der Waals surface area contributed by atoms with Crippen molar-refractivity contribution in [3.63, 3.8) is 0 Å². The van der Waals surface area contributed by atoms with E-state index in [9.17, 15) is 9.18 Å². The second-order valence-corrected chi connectivity index (χ2v) is 7.03. The summed E-state index contributed by atoms with van der Waals surface area (Å²) in [6.45, 7) is 2.06. The molecule has 1 aromatic heterocycles. The van der Waals surface area contributed by atoms with E-state index in [1.165, 1.54) is 28.1 Å². The van der Waals surface area contributed by atoms with E-state index < -0.39 is 0 Å². The summed E-state index contributed by atoms with van der Waals surface area (Å²) < 4.78 is 13.2. The van der Waals surface area contributed by atoms with E-state index in [2.05, 4.69) is 30.4 Å². The molecule has 0 spiro atoms. The van der Waals surface area contributed by atoms with Crippen LogP contribution in [0.5, 0.6) is 0 Å². The number of nitrogens with one attached hydrogen (secondary N) is 1. The van der Waals surface area contributed by atoms with Gasteiger partial charge in [0, 0.05) is 28.2 Å². The van der Waals surface area contributed by atoms with Crippen molar-refractivity contribution < 1.29 is 9.18 Å². The average Bonchev–Trinajstić information content (AvgIpc) is 2.98.